The van der Waals surface area contributed by atoms with Crippen molar-refractivity contribution in [3.8, 4) is 17.4 Å². The number of hydrogen-bond acceptors (Lipinski definition) is 7. The van der Waals surface area contributed by atoms with Gasteiger partial charge in [0.1, 0.15) is 11.4 Å². The maximum absolute atomic E-state index is 13.7. The van der Waals surface area contributed by atoms with Crippen molar-refractivity contribution in [3.63, 3.8) is 0 Å². The van der Waals surface area contributed by atoms with E-state index in [0.717, 1.165) is 22.0 Å². The molecule has 0 radical (unpaired) electrons. The van der Waals surface area contributed by atoms with E-state index in [2.05, 4.69) is 52.3 Å². The number of aryl methyl sites for hydroxylation is 1. The number of amides is 1. The summed E-state index contributed by atoms with van der Waals surface area (Å²) in [7, 11) is 9.25. The van der Waals surface area contributed by atoms with Crippen molar-refractivity contribution in [2.24, 2.45) is 7.05 Å². The van der Waals surface area contributed by atoms with Crippen LogP contribution < -0.4 is 20.1 Å². The van der Waals surface area contributed by atoms with Crippen LogP contribution in [0.2, 0.25) is 0 Å². The van der Waals surface area contributed by atoms with Gasteiger partial charge in [0.25, 0.3) is 5.91 Å². The van der Waals surface area contributed by atoms with Gasteiger partial charge in [-0.1, -0.05) is 39.0 Å². The van der Waals surface area contributed by atoms with Crippen molar-refractivity contribution >= 4 is 28.4 Å². The summed E-state index contributed by atoms with van der Waals surface area (Å²) < 4.78 is 13.7. The Kier molecular flexibility index (Phi) is 7.59. The molecular weight excluding hydrogens is 480 g/mol. The van der Waals surface area contributed by atoms with Gasteiger partial charge in [-0.3, -0.25) is 4.79 Å². The molecule has 2 N–H and O–H groups in total. The number of ether oxygens (including phenoxy) is 2. The predicted octanol–water partition coefficient (Wildman–Crippen LogP) is 5.42. The van der Waals surface area contributed by atoms with Crippen LogP contribution in [0.1, 0.15) is 42.4 Å². The number of aromatic nitrogens is 3. The molecule has 4 rings (SSSR count). The third kappa shape index (κ3) is 5.57. The topological polar surface area (TPSA) is 93.5 Å². The van der Waals surface area contributed by atoms with Crippen LogP contribution in [0.5, 0.6) is 17.4 Å². The first-order valence-electron chi connectivity index (χ1n) is 12.5. The van der Waals surface area contributed by atoms with E-state index in [9.17, 15) is 4.79 Å². The molecule has 0 unspecified atom stereocenters. The minimum absolute atomic E-state index is 0.104. The van der Waals surface area contributed by atoms with Crippen LogP contribution in [-0.4, -0.2) is 53.6 Å². The summed E-state index contributed by atoms with van der Waals surface area (Å²) in [5.74, 6) is 1.87. The van der Waals surface area contributed by atoms with E-state index in [-0.39, 0.29) is 11.3 Å². The van der Waals surface area contributed by atoms with Gasteiger partial charge in [-0.15, -0.1) is 0 Å². The highest BCUT2D eigenvalue weighted by atomic mass is 16.5. The summed E-state index contributed by atoms with van der Waals surface area (Å²) in [6, 6.07) is 13.4. The van der Waals surface area contributed by atoms with E-state index in [4.69, 9.17) is 9.47 Å². The number of methoxy groups -OCH3 is 1. The lowest BCUT2D eigenvalue weighted by Gasteiger charge is -2.25. The van der Waals surface area contributed by atoms with Crippen molar-refractivity contribution < 1.29 is 14.3 Å². The quantitative estimate of drug-likeness (QED) is 0.323. The monoisotopic (exact) mass is 516 g/mol. The molecule has 2 aromatic heterocycles. The van der Waals surface area contributed by atoms with Gasteiger partial charge in [-0.25, -0.2) is 4.98 Å². The lowest BCUT2D eigenvalue weighted by molar-refractivity contribution is 0.101. The Bertz CT molecular complexity index is 1470. The highest BCUT2D eigenvalue weighted by Crippen LogP contribution is 2.37. The number of nitrogens with one attached hydrogen (secondary N) is 2. The number of hydrogen-bond donors (Lipinski definition) is 2. The van der Waals surface area contributed by atoms with Crippen molar-refractivity contribution in [3.05, 3.63) is 65.5 Å². The van der Waals surface area contributed by atoms with Crippen LogP contribution in [0.3, 0.4) is 0 Å². The van der Waals surface area contributed by atoms with Crippen molar-refractivity contribution in [1.82, 2.24) is 19.4 Å². The summed E-state index contributed by atoms with van der Waals surface area (Å²) in [5, 5.41) is 6.90. The van der Waals surface area contributed by atoms with Crippen LogP contribution >= 0.6 is 0 Å². The molecule has 0 spiro atoms. The molecule has 0 saturated carbocycles. The van der Waals surface area contributed by atoms with Crippen LogP contribution in [0.4, 0.5) is 11.6 Å². The molecule has 0 aliphatic rings. The summed E-state index contributed by atoms with van der Waals surface area (Å²) in [5.41, 5.74) is 3.94. The highest BCUT2D eigenvalue weighted by molar-refractivity contribution is 6.07. The lowest BCUT2D eigenvalue weighted by Crippen LogP contribution is -2.20. The summed E-state index contributed by atoms with van der Waals surface area (Å²) in [6.07, 6.45) is 1.63. The van der Waals surface area contributed by atoms with Gasteiger partial charge in [0.2, 0.25) is 11.8 Å². The molecule has 9 heteroatoms. The average molecular weight is 517 g/mol. The van der Waals surface area contributed by atoms with Crippen LogP contribution in [0, 0.1) is 0 Å². The number of para-hydroxylation sites is 1. The Morgan fingerprint density at radius 2 is 1.89 bits per heavy atom. The zero-order chi connectivity index (χ0) is 27.6. The standard InChI is InChI=1S/C29H36N6O3/c1-29(2,3)20-14-19(17-34(5)6)26(37-8)21(16-20)32-27(36)22-15-18-10-9-11-23(25(18)35(22)7)38-24-12-13-31-28(30-4)33-24/h9-16H,17H2,1-8H3,(H,32,36)(H,30,31,33). The van der Waals surface area contributed by atoms with Crippen molar-refractivity contribution in [1.29, 1.82) is 0 Å². The minimum atomic E-state index is -0.241. The molecule has 0 bridgehead atoms. The molecule has 1 amide bonds. The zero-order valence-corrected chi connectivity index (χ0v) is 23.3. The second-order valence-electron chi connectivity index (χ2n) is 10.5. The van der Waals surface area contributed by atoms with Gasteiger partial charge in [0.05, 0.1) is 18.3 Å². The van der Waals surface area contributed by atoms with Gasteiger partial charge < -0.3 is 29.6 Å². The fourth-order valence-corrected chi connectivity index (χ4v) is 4.41. The number of nitrogens with zero attached hydrogens (tertiary/aromatic N) is 4. The fourth-order valence-electron chi connectivity index (χ4n) is 4.41. The smallest absolute Gasteiger partial charge is 0.272 e. The third-order valence-electron chi connectivity index (χ3n) is 6.29. The molecule has 0 aliphatic carbocycles. The van der Waals surface area contributed by atoms with Gasteiger partial charge in [0, 0.05) is 43.9 Å². The molecule has 2 aromatic carbocycles. The van der Waals surface area contributed by atoms with E-state index < -0.39 is 0 Å². The van der Waals surface area contributed by atoms with E-state index in [1.165, 1.54) is 0 Å². The largest absolute Gasteiger partial charge is 0.494 e. The Balaban J connectivity index is 1.73. The third-order valence-corrected chi connectivity index (χ3v) is 6.29. The predicted molar refractivity (Wildman–Crippen MR) is 152 cm³/mol. The Labute approximate surface area is 223 Å². The van der Waals surface area contributed by atoms with Gasteiger partial charge in [-0.2, -0.15) is 4.98 Å². The van der Waals surface area contributed by atoms with Crippen LogP contribution in [0.25, 0.3) is 10.9 Å². The second kappa shape index (κ2) is 10.7. The Morgan fingerprint density at radius 1 is 1.13 bits per heavy atom. The van der Waals surface area contributed by atoms with Crippen LogP contribution in [-0.2, 0) is 19.0 Å². The van der Waals surface area contributed by atoms with E-state index in [1.807, 2.05) is 56.0 Å². The molecule has 0 saturated heterocycles. The molecule has 38 heavy (non-hydrogen) atoms. The first kappa shape index (κ1) is 26.9. The van der Waals surface area contributed by atoms with Gasteiger partial charge in [-0.05, 0) is 43.3 Å². The Hall–Kier alpha value is -4.11. The number of fused-ring (bicyclic) bond motifs is 1. The highest BCUT2D eigenvalue weighted by Gasteiger charge is 2.23. The summed E-state index contributed by atoms with van der Waals surface area (Å²) >= 11 is 0. The summed E-state index contributed by atoms with van der Waals surface area (Å²) in [6.45, 7) is 7.15. The summed E-state index contributed by atoms with van der Waals surface area (Å²) in [4.78, 5) is 24.2. The number of carbonyl (C=O) groups is 1. The lowest BCUT2D eigenvalue weighted by atomic mass is 9.85. The number of carbonyl (C=O) groups excluding carboxylic acids is 1. The average Bonchev–Trinajstić information content (AvgIpc) is 3.20. The Morgan fingerprint density at radius 3 is 2.55 bits per heavy atom. The number of rotatable bonds is 8. The van der Waals surface area contributed by atoms with Crippen molar-refractivity contribution in [2.45, 2.75) is 32.7 Å². The molecular formula is C29H36N6O3. The van der Waals surface area contributed by atoms with Crippen LogP contribution in [0.15, 0.2) is 48.7 Å². The maximum Gasteiger partial charge on any atom is 0.272 e. The first-order valence-corrected chi connectivity index (χ1v) is 12.5. The molecule has 9 nitrogen and oxygen atoms in total. The fraction of sp³-hybridized carbons (Fsp3) is 0.345. The minimum Gasteiger partial charge on any atom is -0.494 e. The molecule has 0 atom stereocenters. The SMILES string of the molecule is CNc1nccc(Oc2cccc3cc(C(=O)Nc4cc(C(C)(C)C)cc(CN(C)C)c4OC)n(C)c23)n1. The van der Waals surface area contributed by atoms with Gasteiger partial charge in [0.15, 0.2) is 5.75 Å². The first-order chi connectivity index (χ1) is 18.0. The van der Waals surface area contributed by atoms with Crippen molar-refractivity contribution in [2.75, 3.05) is 38.9 Å². The second-order valence-corrected chi connectivity index (χ2v) is 10.5. The van der Waals surface area contributed by atoms with Gasteiger partial charge >= 0.3 is 0 Å². The number of benzene rings is 2. The molecule has 4 aromatic rings. The molecule has 0 fully saturated rings. The van der Waals surface area contributed by atoms with E-state index in [0.29, 0.717) is 41.3 Å². The van der Waals surface area contributed by atoms with E-state index in [1.54, 1.807) is 26.4 Å². The van der Waals surface area contributed by atoms with E-state index >= 15 is 0 Å². The molecule has 2 heterocycles. The zero-order valence-electron chi connectivity index (χ0n) is 23.3. The molecule has 200 valence electrons. The number of anilines is 2. The molecule has 0 aliphatic heterocycles. The maximum atomic E-state index is 13.7. The normalized spacial score (nSPS) is 11.6.